The largest absolute Gasteiger partial charge is 0.349 e. The number of amides is 1. The summed E-state index contributed by atoms with van der Waals surface area (Å²) in [6.07, 6.45) is 1.39. The second-order valence-electron chi connectivity index (χ2n) is 3.93. The molecule has 1 amide bonds. The fourth-order valence-electron chi connectivity index (χ4n) is 1.28. The third-order valence-electron chi connectivity index (χ3n) is 2.07. The second-order valence-corrected chi connectivity index (χ2v) is 4.75. The van der Waals surface area contributed by atoms with Gasteiger partial charge in [0.05, 0.1) is 0 Å². The van der Waals surface area contributed by atoms with Gasteiger partial charge in [0.1, 0.15) is 11.6 Å². The molecule has 0 heterocycles. The zero-order chi connectivity index (χ0) is 13.7. The molecule has 0 aromatic heterocycles. The van der Waals surface area contributed by atoms with Crippen molar-refractivity contribution in [2.24, 2.45) is 0 Å². The third kappa shape index (κ3) is 3.76. The molecule has 0 spiro atoms. The first kappa shape index (κ1) is 14.6. The van der Waals surface area contributed by atoms with Crippen molar-refractivity contribution in [1.29, 1.82) is 5.26 Å². The van der Waals surface area contributed by atoms with Crippen LogP contribution in [0.3, 0.4) is 0 Å². The van der Waals surface area contributed by atoms with E-state index in [-0.39, 0.29) is 11.6 Å². The number of hydrogen-bond acceptors (Lipinski definition) is 2. The number of carbonyl (C=O) groups excluding carboxylic acids is 1. The van der Waals surface area contributed by atoms with Crippen LogP contribution in [0, 0.1) is 11.3 Å². The van der Waals surface area contributed by atoms with Gasteiger partial charge in [-0.25, -0.2) is 0 Å². The van der Waals surface area contributed by atoms with E-state index in [0.29, 0.717) is 15.6 Å². The predicted octanol–water partition coefficient (Wildman–Crippen LogP) is 3.42. The second kappa shape index (κ2) is 6.44. The number of nitrogens with zero attached hydrogens (tertiary/aromatic N) is 1. The maximum atomic E-state index is 11.7. The molecule has 0 radical (unpaired) electrons. The Balaban J connectivity index is 3.13. The molecule has 0 fully saturated rings. The summed E-state index contributed by atoms with van der Waals surface area (Å²) in [5.41, 5.74) is 0.440. The maximum Gasteiger partial charge on any atom is 0.262 e. The lowest BCUT2D eigenvalue weighted by Crippen LogP contribution is -2.30. The van der Waals surface area contributed by atoms with Gasteiger partial charge in [-0.2, -0.15) is 5.26 Å². The number of nitriles is 1. The molecule has 0 aliphatic rings. The maximum absolute atomic E-state index is 11.7. The van der Waals surface area contributed by atoms with Crippen molar-refractivity contribution in [1.82, 2.24) is 5.32 Å². The molecule has 0 unspecified atom stereocenters. The minimum atomic E-state index is -0.441. The molecule has 0 saturated heterocycles. The van der Waals surface area contributed by atoms with Crippen molar-refractivity contribution in [2.45, 2.75) is 19.9 Å². The highest BCUT2D eigenvalue weighted by atomic mass is 35.5. The van der Waals surface area contributed by atoms with Crippen LogP contribution in [-0.2, 0) is 4.79 Å². The first-order valence-corrected chi connectivity index (χ1v) is 6.08. The molecule has 1 aromatic carbocycles. The van der Waals surface area contributed by atoms with Crippen molar-refractivity contribution in [2.75, 3.05) is 0 Å². The molecule has 0 atom stereocenters. The van der Waals surface area contributed by atoms with E-state index in [0.717, 1.165) is 0 Å². The molecule has 94 valence electrons. The minimum Gasteiger partial charge on any atom is -0.349 e. The van der Waals surface area contributed by atoms with E-state index in [9.17, 15) is 4.79 Å². The smallest absolute Gasteiger partial charge is 0.262 e. The normalized spacial score (nSPS) is 11.2. The van der Waals surface area contributed by atoms with Gasteiger partial charge in [-0.1, -0.05) is 29.3 Å². The molecule has 0 aliphatic carbocycles. The molecular weight excluding hydrogens is 271 g/mol. The zero-order valence-electron chi connectivity index (χ0n) is 10.00. The molecule has 1 rings (SSSR count). The summed E-state index contributed by atoms with van der Waals surface area (Å²) in [5.74, 6) is -0.441. The highest BCUT2D eigenvalue weighted by Gasteiger charge is 2.12. The molecule has 1 aromatic rings. The minimum absolute atomic E-state index is 0.0290. The molecule has 0 aliphatic heterocycles. The monoisotopic (exact) mass is 282 g/mol. The van der Waals surface area contributed by atoms with Crippen LogP contribution in [0.5, 0.6) is 0 Å². The highest BCUT2D eigenvalue weighted by Crippen LogP contribution is 2.26. The predicted molar refractivity (Wildman–Crippen MR) is 73.3 cm³/mol. The first-order chi connectivity index (χ1) is 8.45. The standard InChI is InChI=1S/C13H12Cl2N2O/c1-8(2)17-13(18)9(7-16)6-10-11(14)4-3-5-12(10)15/h3-6,8H,1-2H3,(H,17,18)/b9-6-. The van der Waals surface area contributed by atoms with E-state index in [1.165, 1.54) is 6.08 Å². The topological polar surface area (TPSA) is 52.9 Å². The van der Waals surface area contributed by atoms with Crippen molar-refractivity contribution in [3.05, 3.63) is 39.4 Å². The van der Waals surface area contributed by atoms with Gasteiger partial charge in [0.25, 0.3) is 5.91 Å². The Morgan fingerprint density at radius 2 is 1.94 bits per heavy atom. The Morgan fingerprint density at radius 3 is 2.39 bits per heavy atom. The first-order valence-electron chi connectivity index (χ1n) is 5.32. The van der Waals surface area contributed by atoms with E-state index in [2.05, 4.69) is 5.32 Å². The molecule has 0 bridgehead atoms. The Kier molecular flexibility index (Phi) is 5.21. The summed E-state index contributed by atoms with van der Waals surface area (Å²) in [5, 5.41) is 12.4. The molecule has 18 heavy (non-hydrogen) atoms. The number of hydrogen-bond donors (Lipinski definition) is 1. The molecular formula is C13H12Cl2N2O. The molecule has 3 nitrogen and oxygen atoms in total. The number of halogens is 2. The van der Waals surface area contributed by atoms with Gasteiger partial charge in [-0.05, 0) is 32.1 Å². The quantitative estimate of drug-likeness (QED) is 0.682. The Bertz CT molecular complexity index is 510. The summed E-state index contributed by atoms with van der Waals surface area (Å²) in [4.78, 5) is 11.7. The van der Waals surface area contributed by atoms with Gasteiger partial charge in [0.15, 0.2) is 0 Å². The van der Waals surface area contributed by atoms with Gasteiger partial charge < -0.3 is 5.32 Å². The van der Waals surface area contributed by atoms with Crippen LogP contribution in [0.4, 0.5) is 0 Å². The average molecular weight is 283 g/mol. The van der Waals surface area contributed by atoms with Crippen molar-refractivity contribution >= 4 is 35.2 Å². The van der Waals surface area contributed by atoms with Gasteiger partial charge >= 0.3 is 0 Å². The summed E-state index contributed by atoms with van der Waals surface area (Å²) >= 11 is 11.9. The van der Waals surface area contributed by atoms with E-state index >= 15 is 0 Å². The summed E-state index contributed by atoms with van der Waals surface area (Å²) in [7, 11) is 0. The SMILES string of the molecule is CC(C)NC(=O)/C(C#N)=C\c1c(Cl)cccc1Cl. The number of rotatable bonds is 3. The fourth-order valence-corrected chi connectivity index (χ4v) is 1.79. The Labute approximate surface area is 116 Å². The zero-order valence-corrected chi connectivity index (χ0v) is 11.5. The lowest BCUT2D eigenvalue weighted by Gasteiger charge is -2.07. The summed E-state index contributed by atoms with van der Waals surface area (Å²) in [6, 6.07) is 6.79. The van der Waals surface area contributed by atoms with E-state index < -0.39 is 5.91 Å². The van der Waals surface area contributed by atoms with Crippen LogP contribution in [-0.4, -0.2) is 11.9 Å². The van der Waals surface area contributed by atoms with Crippen LogP contribution in [0.15, 0.2) is 23.8 Å². The van der Waals surface area contributed by atoms with Crippen molar-refractivity contribution in [3.63, 3.8) is 0 Å². The Hall–Kier alpha value is -1.50. The van der Waals surface area contributed by atoms with Gasteiger partial charge in [0, 0.05) is 21.7 Å². The van der Waals surface area contributed by atoms with Crippen LogP contribution in [0.25, 0.3) is 6.08 Å². The lowest BCUT2D eigenvalue weighted by atomic mass is 10.1. The molecule has 0 saturated carbocycles. The van der Waals surface area contributed by atoms with Gasteiger partial charge in [0.2, 0.25) is 0 Å². The number of benzene rings is 1. The molecule has 1 N–H and O–H groups in total. The Morgan fingerprint density at radius 1 is 1.39 bits per heavy atom. The van der Waals surface area contributed by atoms with E-state index in [1.54, 1.807) is 18.2 Å². The third-order valence-corrected chi connectivity index (χ3v) is 2.73. The lowest BCUT2D eigenvalue weighted by molar-refractivity contribution is -0.117. The van der Waals surface area contributed by atoms with Gasteiger partial charge in [-0.15, -0.1) is 0 Å². The van der Waals surface area contributed by atoms with Crippen molar-refractivity contribution < 1.29 is 4.79 Å². The summed E-state index contributed by atoms with van der Waals surface area (Å²) in [6.45, 7) is 3.63. The van der Waals surface area contributed by atoms with Crippen LogP contribution < -0.4 is 5.32 Å². The number of carbonyl (C=O) groups is 1. The van der Waals surface area contributed by atoms with Crippen LogP contribution in [0.2, 0.25) is 10.0 Å². The van der Waals surface area contributed by atoms with E-state index in [4.69, 9.17) is 28.5 Å². The average Bonchev–Trinajstić information content (AvgIpc) is 2.27. The highest BCUT2D eigenvalue weighted by molar-refractivity contribution is 6.37. The summed E-state index contributed by atoms with van der Waals surface area (Å²) < 4.78 is 0. The van der Waals surface area contributed by atoms with E-state index in [1.807, 2.05) is 19.9 Å². The number of nitrogens with one attached hydrogen (secondary N) is 1. The van der Waals surface area contributed by atoms with Crippen molar-refractivity contribution in [3.8, 4) is 6.07 Å². The fraction of sp³-hybridized carbons (Fsp3) is 0.231. The molecule has 5 heteroatoms. The van der Waals surface area contributed by atoms with Gasteiger partial charge in [-0.3, -0.25) is 4.79 Å². The van der Waals surface area contributed by atoms with Crippen LogP contribution >= 0.6 is 23.2 Å². The van der Waals surface area contributed by atoms with Crippen LogP contribution in [0.1, 0.15) is 19.4 Å².